The fourth-order valence-corrected chi connectivity index (χ4v) is 3.01. The topological polar surface area (TPSA) is 17.1 Å². The molecule has 0 aromatic carbocycles. The van der Waals surface area contributed by atoms with Crippen molar-refractivity contribution >= 4 is 6.29 Å². The lowest BCUT2D eigenvalue weighted by Crippen LogP contribution is -2.10. The number of hydrogen-bond donors (Lipinski definition) is 0. The molecule has 0 aromatic rings. The molecule has 2 rings (SSSR count). The Balaban J connectivity index is 1.83. The van der Waals surface area contributed by atoms with Crippen LogP contribution in [-0.2, 0) is 4.79 Å². The molecule has 0 spiro atoms. The van der Waals surface area contributed by atoms with Crippen molar-refractivity contribution in [1.29, 1.82) is 0 Å². The smallest absolute Gasteiger partial charge is 0.120 e. The fourth-order valence-electron chi connectivity index (χ4n) is 3.01. The highest BCUT2D eigenvalue weighted by Crippen LogP contribution is 2.49. The summed E-state index contributed by atoms with van der Waals surface area (Å²) in [4.78, 5) is 10.2. The molecular formula is C10H16O. The van der Waals surface area contributed by atoms with Crippen LogP contribution >= 0.6 is 0 Å². The van der Waals surface area contributed by atoms with Crippen LogP contribution in [-0.4, -0.2) is 6.29 Å². The summed E-state index contributed by atoms with van der Waals surface area (Å²) in [6.45, 7) is 0. The van der Waals surface area contributed by atoms with Gasteiger partial charge >= 0.3 is 0 Å². The Bertz CT molecular complexity index is 153. The first kappa shape index (κ1) is 7.33. The third kappa shape index (κ3) is 1.33. The Morgan fingerprint density at radius 2 is 2.18 bits per heavy atom. The minimum Gasteiger partial charge on any atom is -0.303 e. The van der Waals surface area contributed by atoms with Crippen LogP contribution in [0.5, 0.6) is 0 Å². The summed E-state index contributed by atoms with van der Waals surface area (Å²) in [6.07, 6.45) is 8.88. The van der Waals surface area contributed by atoms with Gasteiger partial charge in [0.05, 0.1) is 0 Å². The van der Waals surface area contributed by atoms with E-state index in [0.717, 1.165) is 30.5 Å². The molecule has 2 saturated carbocycles. The van der Waals surface area contributed by atoms with E-state index in [9.17, 15) is 4.79 Å². The molecular weight excluding hydrogens is 136 g/mol. The highest BCUT2D eigenvalue weighted by atomic mass is 16.1. The van der Waals surface area contributed by atoms with Crippen LogP contribution in [0.1, 0.15) is 38.5 Å². The maximum absolute atomic E-state index is 10.2. The molecule has 0 radical (unpaired) electrons. The van der Waals surface area contributed by atoms with Crippen LogP contribution in [0, 0.1) is 17.8 Å². The van der Waals surface area contributed by atoms with Gasteiger partial charge in [-0.15, -0.1) is 0 Å². The summed E-state index contributed by atoms with van der Waals surface area (Å²) in [5.74, 6) is 2.95. The Kier molecular flexibility index (Phi) is 1.97. The van der Waals surface area contributed by atoms with Gasteiger partial charge in [-0.05, 0) is 43.4 Å². The van der Waals surface area contributed by atoms with Gasteiger partial charge in [-0.1, -0.05) is 6.42 Å². The quantitative estimate of drug-likeness (QED) is 0.567. The number of hydrogen-bond acceptors (Lipinski definition) is 1. The monoisotopic (exact) mass is 152 g/mol. The van der Waals surface area contributed by atoms with Gasteiger partial charge in [0.2, 0.25) is 0 Å². The minimum atomic E-state index is 0.799. The van der Waals surface area contributed by atoms with Crippen molar-refractivity contribution in [3.05, 3.63) is 0 Å². The first-order valence-corrected chi connectivity index (χ1v) is 4.84. The molecule has 0 heterocycles. The zero-order chi connectivity index (χ0) is 7.68. The third-order valence-electron chi connectivity index (χ3n) is 3.54. The van der Waals surface area contributed by atoms with Gasteiger partial charge in [-0.3, -0.25) is 0 Å². The van der Waals surface area contributed by atoms with Crippen LogP contribution in [0.25, 0.3) is 0 Å². The largest absolute Gasteiger partial charge is 0.303 e. The van der Waals surface area contributed by atoms with Crippen LogP contribution in [0.15, 0.2) is 0 Å². The van der Waals surface area contributed by atoms with Gasteiger partial charge < -0.3 is 4.79 Å². The van der Waals surface area contributed by atoms with Crippen molar-refractivity contribution < 1.29 is 4.79 Å². The van der Waals surface area contributed by atoms with Crippen molar-refractivity contribution in [2.75, 3.05) is 0 Å². The van der Waals surface area contributed by atoms with E-state index >= 15 is 0 Å². The van der Waals surface area contributed by atoms with E-state index in [4.69, 9.17) is 0 Å². The lowest BCUT2D eigenvalue weighted by Gasteiger charge is -2.20. The molecule has 2 aliphatic rings. The summed E-state index contributed by atoms with van der Waals surface area (Å²) in [7, 11) is 0. The van der Waals surface area contributed by atoms with E-state index in [-0.39, 0.29) is 0 Å². The summed E-state index contributed by atoms with van der Waals surface area (Å²) in [6, 6.07) is 0. The molecule has 0 aliphatic heterocycles. The Morgan fingerprint density at radius 3 is 2.73 bits per heavy atom. The normalized spacial score (nSPS) is 41.3. The molecule has 11 heavy (non-hydrogen) atoms. The van der Waals surface area contributed by atoms with E-state index in [1.807, 2.05) is 0 Å². The SMILES string of the molecule is O=CCC[C@@H]1C[C@H]2CC[C@H]1C2. The number of rotatable bonds is 3. The number of fused-ring (bicyclic) bond motifs is 2. The van der Waals surface area contributed by atoms with Crippen LogP contribution in [0.2, 0.25) is 0 Å². The van der Waals surface area contributed by atoms with Crippen molar-refractivity contribution in [3.8, 4) is 0 Å². The van der Waals surface area contributed by atoms with Crippen LogP contribution in [0.3, 0.4) is 0 Å². The summed E-state index contributed by atoms with van der Waals surface area (Å²) in [5.41, 5.74) is 0. The van der Waals surface area contributed by atoms with Crippen molar-refractivity contribution in [1.82, 2.24) is 0 Å². The van der Waals surface area contributed by atoms with Gasteiger partial charge in [0.1, 0.15) is 6.29 Å². The first-order chi connectivity index (χ1) is 5.40. The van der Waals surface area contributed by atoms with Crippen molar-refractivity contribution in [2.45, 2.75) is 38.5 Å². The fraction of sp³-hybridized carbons (Fsp3) is 0.900. The molecule has 0 amide bonds. The summed E-state index contributed by atoms with van der Waals surface area (Å²) >= 11 is 0. The average molecular weight is 152 g/mol. The van der Waals surface area contributed by atoms with Crippen LogP contribution in [0.4, 0.5) is 0 Å². The summed E-state index contributed by atoms with van der Waals surface area (Å²) in [5, 5.41) is 0. The number of aldehydes is 1. The van der Waals surface area contributed by atoms with Crippen molar-refractivity contribution in [2.24, 2.45) is 17.8 Å². The maximum atomic E-state index is 10.2. The van der Waals surface area contributed by atoms with E-state index in [2.05, 4.69) is 0 Å². The Labute approximate surface area is 68.2 Å². The molecule has 0 unspecified atom stereocenters. The number of carbonyl (C=O) groups is 1. The van der Waals surface area contributed by atoms with E-state index in [1.54, 1.807) is 0 Å². The molecule has 1 heteroatoms. The Hall–Kier alpha value is -0.330. The highest BCUT2D eigenvalue weighted by molar-refractivity contribution is 5.49. The standard InChI is InChI=1S/C10H16O/c11-5-1-2-9-6-8-3-4-10(9)7-8/h5,8-10H,1-4,6-7H2/t8-,9-,10+/m1/s1. The zero-order valence-corrected chi connectivity index (χ0v) is 6.96. The molecule has 0 N–H and O–H groups in total. The van der Waals surface area contributed by atoms with Crippen molar-refractivity contribution in [3.63, 3.8) is 0 Å². The summed E-state index contributed by atoms with van der Waals surface area (Å²) < 4.78 is 0. The second-order valence-electron chi connectivity index (χ2n) is 4.18. The highest BCUT2D eigenvalue weighted by Gasteiger charge is 2.38. The molecule has 3 atom stereocenters. The maximum Gasteiger partial charge on any atom is 0.120 e. The van der Waals surface area contributed by atoms with E-state index in [0.29, 0.717) is 0 Å². The molecule has 0 aromatic heterocycles. The molecule has 2 aliphatic carbocycles. The lowest BCUT2D eigenvalue weighted by molar-refractivity contribution is -0.108. The van der Waals surface area contributed by atoms with E-state index in [1.165, 1.54) is 32.1 Å². The van der Waals surface area contributed by atoms with Gasteiger partial charge in [0.15, 0.2) is 0 Å². The zero-order valence-electron chi connectivity index (χ0n) is 6.96. The predicted molar refractivity (Wildman–Crippen MR) is 44.2 cm³/mol. The van der Waals surface area contributed by atoms with E-state index < -0.39 is 0 Å². The van der Waals surface area contributed by atoms with Gasteiger partial charge in [0.25, 0.3) is 0 Å². The van der Waals surface area contributed by atoms with Gasteiger partial charge in [-0.2, -0.15) is 0 Å². The van der Waals surface area contributed by atoms with Gasteiger partial charge in [0, 0.05) is 6.42 Å². The van der Waals surface area contributed by atoms with Gasteiger partial charge in [-0.25, -0.2) is 0 Å². The third-order valence-corrected chi connectivity index (χ3v) is 3.54. The second-order valence-corrected chi connectivity index (χ2v) is 4.18. The Morgan fingerprint density at radius 1 is 1.27 bits per heavy atom. The first-order valence-electron chi connectivity index (χ1n) is 4.84. The molecule has 2 bridgehead atoms. The molecule has 62 valence electrons. The molecule has 1 nitrogen and oxygen atoms in total. The molecule has 2 fully saturated rings. The van der Waals surface area contributed by atoms with Crippen LogP contribution < -0.4 is 0 Å². The minimum absolute atomic E-state index is 0.799. The second kappa shape index (κ2) is 2.96. The molecule has 0 saturated heterocycles. The average Bonchev–Trinajstić information content (AvgIpc) is 2.60. The predicted octanol–water partition coefficient (Wildman–Crippen LogP) is 2.40. The lowest BCUT2D eigenvalue weighted by atomic mass is 9.86. The number of carbonyl (C=O) groups excluding carboxylic acids is 1.